The third-order valence-electron chi connectivity index (χ3n) is 4.38. The minimum atomic E-state index is -5.03. The van der Waals surface area contributed by atoms with Crippen LogP contribution >= 0.6 is 11.3 Å². The number of hydrogen-bond acceptors (Lipinski definition) is 3. The smallest absolute Gasteiger partial charge is 0.298 e. The Morgan fingerprint density at radius 1 is 0.900 bits per heavy atom. The number of alkyl halides is 6. The number of halogens is 6. The first-order chi connectivity index (χ1) is 13.8. The number of amides is 1. The van der Waals surface area contributed by atoms with Crippen LogP contribution in [0.3, 0.4) is 0 Å². The number of thiazole rings is 1. The van der Waals surface area contributed by atoms with Crippen LogP contribution in [0.15, 0.2) is 41.8 Å². The summed E-state index contributed by atoms with van der Waals surface area (Å²) in [6, 6.07) is 6.33. The van der Waals surface area contributed by atoms with Crippen molar-refractivity contribution in [3.63, 3.8) is 0 Å². The Labute approximate surface area is 171 Å². The summed E-state index contributed by atoms with van der Waals surface area (Å²) in [5, 5.41) is 3.95. The Kier molecular flexibility index (Phi) is 5.64. The second-order valence-corrected chi connectivity index (χ2v) is 7.44. The van der Waals surface area contributed by atoms with Gasteiger partial charge >= 0.3 is 12.4 Å². The van der Waals surface area contributed by atoms with Gasteiger partial charge in [-0.15, -0.1) is 11.3 Å². The molecule has 3 nitrogen and oxygen atoms in total. The van der Waals surface area contributed by atoms with Crippen molar-refractivity contribution in [2.45, 2.75) is 26.2 Å². The molecular weight excluding hydrogens is 430 g/mol. The molecule has 1 heterocycles. The number of rotatable bonds is 3. The van der Waals surface area contributed by atoms with Crippen LogP contribution in [0.25, 0.3) is 11.3 Å². The van der Waals surface area contributed by atoms with Crippen LogP contribution in [-0.4, -0.2) is 10.9 Å². The zero-order chi connectivity index (χ0) is 22.3. The van der Waals surface area contributed by atoms with Crippen LogP contribution < -0.4 is 5.32 Å². The summed E-state index contributed by atoms with van der Waals surface area (Å²) in [7, 11) is 0. The first-order valence-electron chi connectivity index (χ1n) is 8.48. The summed E-state index contributed by atoms with van der Waals surface area (Å²) in [5.74, 6) is -1.12. The van der Waals surface area contributed by atoms with Crippen molar-refractivity contribution in [1.29, 1.82) is 0 Å². The maximum atomic E-state index is 13.0. The third kappa shape index (κ3) is 4.81. The molecular formula is C20H14F6N2OS. The summed E-state index contributed by atoms with van der Waals surface area (Å²) >= 11 is 1.01. The van der Waals surface area contributed by atoms with Crippen LogP contribution in [-0.2, 0) is 12.4 Å². The zero-order valence-corrected chi connectivity index (χ0v) is 16.4. The molecule has 0 bridgehead atoms. The minimum Gasteiger partial charge on any atom is -0.298 e. The van der Waals surface area contributed by atoms with Crippen molar-refractivity contribution in [1.82, 2.24) is 4.98 Å². The van der Waals surface area contributed by atoms with E-state index in [1.165, 1.54) is 0 Å². The molecule has 0 atom stereocenters. The lowest BCUT2D eigenvalue weighted by atomic mass is 10.0. The van der Waals surface area contributed by atoms with Gasteiger partial charge in [0.1, 0.15) is 0 Å². The van der Waals surface area contributed by atoms with E-state index in [1.807, 2.05) is 32.0 Å². The highest BCUT2D eigenvalue weighted by molar-refractivity contribution is 7.14. The van der Waals surface area contributed by atoms with Crippen molar-refractivity contribution in [3.05, 3.63) is 69.6 Å². The van der Waals surface area contributed by atoms with Crippen LogP contribution in [0.1, 0.15) is 32.6 Å². The van der Waals surface area contributed by atoms with Crippen molar-refractivity contribution < 1.29 is 31.1 Å². The number of nitrogens with one attached hydrogen (secondary N) is 1. The van der Waals surface area contributed by atoms with Crippen LogP contribution in [0.2, 0.25) is 0 Å². The highest BCUT2D eigenvalue weighted by atomic mass is 32.1. The number of aryl methyl sites for hydroxylation is 2. The number of carbonyl (C=O) groups excluding carboxylic acids is 1. The fraction of sp³-hybridized carbons (Fsp3) is 0.200. The van der Waals surface area contributed by atoms with Gasteiger partial charge in [-0.25, -0.2) is 4.98 Å². The molecule has 0 spiro atoms. The van der Waals surface area contributed by atoms with Gasteiger partial charge in [0.2, 0.25) is 0 Å². The number of benzene rings is 2. The molecule has 2 aromatic carbocycles. The molecule has 0 saturated carbocycles. The van der Waals surface area contributed by atoms with E-state index in [0.29, 0.717) is 17.8 Å². The second-order valence-electron chi connectivity index (χ2n) is 6.59. The lowest BCUT2D eigenvalue weighted by Gasteiger charge is -2.13. The first-order valence-corrected chi connectivity index (χ1v) is 9.36. The lowest BCUT2D eigenvalue weighted by molar-refractivity contribution is -0.143. The van der Waals surface area contributed by atoms with Crippen molar-refractivity contribution >= 4 is 22.4 Å². The summed E-state index contributed by atoms with van der Waals surface area (Å²) < 4.78 is 77.8. The quantitative estimate of drug-likeness (QED) is 0.456. The Morgan fingerprint density at radius 2 is 1.50 bits per heavy atom. The molecule has 0 radical (unpaired) electrons. The van der Waals surface area contributed by atoms with Crippen LogP contribution in [0, 0.1) is 13.8 Å². The summed E-state index contributed by atoms with van der Waals surface area (Å²) in [5.41, 5.74) is -0.483. The number of hydrogen-bond donors (Lipinski definition) is 1. The van der Waals surface area contributed by atoms with Gasteiger partial charge in [0.25, 0.3) is 5.91 Å². The topological polar surface area (TPSA) is 42.0 Å². The predicted octanol–water partition coefficient (Wildman–Crippen LogP) is 6.72. The minimum absolute atomic E-state index is 0.0298. The van der Waals surface area contributed by atoms with E-state index in [-0.39, 0.29) is 11.2 Å². The van der Waals surface area contributed by atoms with E-state index in [9.17, 15) is 31.1 Å². The molecule has 1 N–H and O–H groups in total. The van der Waals surface area contributed by atoms with Crippen LogP contribution in [0.4, 0.5) is 31.5 Å². The molecule has 0 fully saturated rings. The molecule has 0 unspecified atom stereocenters. The lowest BCUT2D eigenvalue weighted by Crippen LogP contribution is -2.17. The SMILES string of the molecule is Cc1ccc(-c2csc(NC(=O)c3cc(C(F)(F)F)cc(C(F)(F)F)c3)n2)cc1C. The second kappa shape index (κ2) is 7.75. The first kappa shape index (κ1) is 21.8. The molecule has 3 rings (SSSR count). The summed E-state index contributed by atoms with van der Waals surface area (Å²) in [6.07, 6.45) is -10.1. The zero-order valence-electron chi connectivity index (χ0n) is 15.6. The van der Waals surface area contributed by atoms with Crippen molar-refractivity contribution in [3.8, 4) is 11.3 Å². The molecule has 3 aromatic rings. The molecule has 1 amide bonds. The van der Waals surface area contributed by atoms with Gasteiger partial charge in [-0.3, -0.25) is 10.1 Å². The van der Waals surface area contributed by atoms with Crippen molar-refractivity contribution in [2.24, 2.45) is 0 Å². The standard InChI is InChI=1S/C20H14F6N2OS/c1-10-3-4-12(5-11(10)2)16-9-30-18(27-16)28-17(29)13-6-14(19(21,22)23)8-15(7-13)20(24,25)26/h3-9H,1-2H3,(H,27,28,29). The maximum absolute atomic E-state index is 13.0. The van der Waals surface area contributed by atoms with E-state index in [2.05, 4.69) is 10.3 Å². The Hall–Kier alpha value is -2.88. The Balaban J connectivity index is 1.89. The normalized spacial score (nSPS) is 12.1. The largest absolute Gasteiger partial charge is 0.416 e. The molecule has 1 aromatic heterocycles. The van der Waals surface area contributed by atoms with E-state index >= 15 is 0 Å². The summed E-state index contributed by atoms with van der Waals surface area (Å²) in [4.78, 5) is 16.5. The highest BCUT2D eigenvalue weighted by Crippen LogP contribution is 2.36. The number of anilines is 1. The van der Waals surface area contributed by atoms with Gasteiger partial charge in [-0.2, -0.15) is 26.3 Å². The van der Waals surface area contributed by atoms with Gasteiger partial charge in [0, 0.05) is 16.5 Å². The third-order valence-corrected chi connectivity index (χ3v) is 5.13. The van der Waals surface area contributed by atoms with Gasteiger partial charge in [-0.1, -0.05) is 12.1 Å². The fourth-order valence-corrected chi connectivity index (χ4v) is 3.33. The van der Waals surface area contributed by atoms with E-state index in [1.54, 1.807) is 5.38 Å². The van der Waals surface area contributed by atoms with E-state index < -0.39 is 35.0 Å². The average Bonchev–Trinajstić information content (AvgIpc) is 3.10. The van der Waals surface area contributed by atoms with Gasteiger partial charge in [0.05, 0.1) is 16.8 Å². The van der Waals surface area contributed by atoms with Gasteiger partial charge in [-0.05, 0) is 49.2 Å². The molecule has 0 aliphatic carbocycles. The highest BCUT2D eigenvalue weighted by Gasteiger charge is 2.37. The average molecular weight is 444 g/mol. The Morgan fingerprint density at radius 3 is 2.03 bits per heavy atom. The molecule has 0 aliphatic rings. The Bertz CT molecular complexity index is 1070. The number of carbonyl (C=O) groups is 1. The molecule has 10 heteroatoms. The molecule has 30 heavy (non-hydrogen) atoms. The number of aromatic nitrogens is 1. The maximum Gasteiger partial charge on any atom is 0.416 e. The fourth-order valence-electron chi connectivity index (χ4n) is 2.62. The number of nitrogens with zero attached hydrogens (tertiary/aromatic N) is 1. The monoisotopic (exact) mass is 444 g/mol. The molecule has 158 valence electrons. The molecule has 0 aliphatic heterocycles. The predicted molar refractivity (Wildman–Crippen MR) is 101 cm³/mol. The summed E-state index contributed by atoms with van der Waals surface area (Å²) in [6.45, 7) is 3.86. The van der Waals surface area contributed by atoms with Crippen LogP contribution in [0.5, 0.6) is 0 Å². The molecule has 0 saturated heterocycles. The van der Waals surface area contributed by atoms with E-state index in [0.717, 1.165) is 28.0 Å². The van der Waals surface area contributed by atoms with E-state index in [4.69, 9.17) is 0 Å². The van der Waals surface area contributed by atoms with Crippen molar-refractivity contribution in [2.75, 3.05) is 5.32 Å². The van der Waals surface area contributed by atoms with Gasteiger partial charge < -0.3 is 0 Å². The van der Waals surface area contributed by atoms with Gasteiger partial charge in [0.15, 0.2) is 5.13 Å².